The minimum atomic E-state index is -0.340. The number of nitrogens with one attached hydrogen (secondary N) is 2. The van der Waals surface area contributed by atoms with Crippen molar-refractivity contribution in [3.8, 4) is 0 Å². The Balaban J connectivity index is 1.53. The van der Waals surface area contributed by atoms with Crippen LogP contribution >= 0.6 is 0 Å². The topological polar surface area (TPSA) is 87.5 Å². The molecule has 0 radical (unpaired) electrons. The van der Waals surface area contributed by atoms with E-state index < -0.39 is 0 Å². The SMILES string of the molecule is CCN(CC)c1ccc(CNC(=O)c2ccc(NC(=O)c3ccco3)cc2)cn1. The van der Waals surface area contributed by atoms with Crippen molar-refractivity contribution in [2.75, 3.05) is 23.3 Å². The van der Waals surface area contributed by atoms with Gasteiger partial charge >= 0.3 is 0 Å². The summed E-state index contributed by atoms with van der Waals surface area (Å²) < 4.78 is 5.05. The van der Waals surface area contributed by atoms with Gasteiger partial charge in [0.1, 0.15) is 5.82 Å². The average Bonchev–Trinajstić information content (AvgIpc) is 3.29. The summed E-state index contributed by atoms with van der Waals surface area (Å²) in [6, 6.07) is 13.8. The Bertz CT molecular complexity index is 931. The van der Waals surface area contributed by atoms with E-state index in [1.54, 1.807) is 42.6 Å². The van der Waals surface area contributed by atoms with Crippen molar-refractivity contribution in [1.29, 1.82) is 0 Å². The first kappa shape index (κ1) is 20.1. The number of pyridine rings is 1. The summed E-state index contributed by atoms with van der Waals surface area (Å²) in [6.45, 7) is 6.37. The number of carbonyl (C=O) groups is 2. The molecule has 2 aromatic heterocycles. The van der Waals surface area contributed by atoms with Crippen molar-refractivity contribution in [2.24, 2.45) is 0 Å². The Morgan fingerprint density at radius 1 is 1.00 bits per heavy atom. The molecule has 0 saturated heterocycles. The van der Waals surface area contributed by atoms with Gasteiger partial charge in [-0.15, -0.1) is 0 Å². The summed E-state index contributed by atoms with van der Waals surface area (Å²) in [7, 11) is 0. The predicted molar refractivity (Wildman–Crippen MR) is 112 cm³/mol. The number of aromatic nitrogens is 1. The molecule has 3 rings (SSSR count). The van der Waals surface area contributed by atoms with Crippen LogP contribution < -0.4 is 15.5 Å². The highest BCUT2D eigenvalue weighted by Gasteiger charge is 2.10. The van der Waals surface area contributed by atoms with Gasteiger partial charge in [-0.3, -0.25) is 9.59 Å². The van der Waals surface area contributed by atoms with Gasteiger partial charge in [0.25, 0.3) is 11.8 Å². The van der Waals surface area contributed by atoms with Crippen LogP contribution in [0.15, 0.2) is 65.4 Å². The van der Waals surface area contributed by atoms with Crippen LogP contribution in [0.1, 0.15) is 40.3 Å². The molecule has 0 aliphatic rings. The zero-order valence-electron chi connectivity index (χ0n) is 16.5. The molecule has 150 valence electrons. The third kappa shape index (κ3) is 5.22. The smallest absolute Gasteiger partial charge is 0.291 e. The minimum absolute atomic E-state index is 0.193. The summed E-state index contributed by atoms with van der Waals surface area (Å²) in [6.07, 6.45) is 3.22. The van der Waals surface area contributed by atoms with Gasteiger partial charge in [-0.1, -0.05) is 6.07 Å². The van der Waals surface area contributed by atoms with Crippen LogP contribution in [0.25, 0.3) is 0 Å². The van der Waals surface area contributed by atoms with Crippen molar-refractivity contribution < 1.29 is 14.0 Å². The Morgan fingerprint density at radius 3 is 2.34 bits per heavy atom. The molecule has 7 nitrogen and oxygen atoms in total. The molecule has 0 fully saturated rings. The van der Waals surface area contributed by atoms with E-state index in [0.717, 1.165) is 24.5 Å². The Morgan fingerprint density at radius 2 is 1.76 bits per heavy atom. The van der Waals surface area contributed by atoms with Crippen LogP contribution in [0.5, 0.6) is 0 Å². The predicted octanol–water partition coefficient (Wildman–Crippen LogP) is 3.70. The van der Waals surface area contributed by atoms with E-state index in [1.807, 2.05) is 12.1 Å². The highest BCUT2D eigenvalue weighted by Crippen LogP contribution is 2.13. The monoisotopic (exact) mass is 392 g/mol. The quantitative estimate of drug-likeness (QED) is 0.610. The molecular formula is C22H24N4O3. The molecule has 7 heteroatoms. The third-order valence-electron chi connectivity index (χ3n) is 4.50. The lowest BCUT2D eigenvalue weighted by Gasteiger charge is -2.19. The van der Waals surface area contributed by atoms with Crippen molar-refractivity contribution >= 4 is 23.3 Å². The normalized spacial score (nSPS) is 10.4. The molecule has 2 heterocycles. The lowest BCUT2D eigenvalue weighted by molar-refractivity contribution is 0.0950. The summed E-state index contributed by atoms with van der Waals surface area (Å²) in [5, 5.41) is 5.60. The Kier molecular flexibility index (Phi) is 6.63. The molecule has 2 N–H and O–H groups in total. The summed E-state index contributed by atoms with van der Waals surface area (Å²) in [5.41, 5.74) is 2.02. The van der Waals surface area contributed by atoms with E-state index >= 15 is 0 Å². The van der Waals surface area contributed by atoms with Gasteiger partial charge in [0, 0.05) is 37.1 Å². The number of carbonyl (C=O) groups excluding carboxylic acids is 2. The van der Waals surface area contributed by atoms with E-state index in [-0.39, 0.29) is 17.6 Å². The zero-order valence-corrected chi connectivity index (χ0v) is 16.5. The number of rotatable bonds is 8. The van der Waals surface area contributed by atoms with Gasteiger partial charge in [0.15, 0.2) is 5.76 Å². The number of nitrogens with zero attached hydrogens (tertiary/aromatic N) is 2. The Labute approximate surface area is 169 Å². The molecule has 0 atom stereocenters. The third-order valence-corrected chi connectivity index (χ3v) is 4.50. The molecule has 0 saturated carbocycles. The molecule has 2 amide bonds. The second-order valence-corrected chi connectivity index (χ2v) is 6.39. The largest absolute Gasteiger partial charge is 0.459 e. The minimum Gasteiger partial charge on any atom is -0.459 e. The van der Waals surface area contributed by atoms with Crippen molar-refractivity contribution in [3.63, 3.8) is 0 Å². The van der Waals surface area contributed by atoms with E-state index in [9.17, 15) is 9.59 Å². The summed E-state index contributed by atoms with van der Waals surface area (Å²) in [4.78, 5) is 30.9. The molecule has 3 aromatic rings. The van der Waals surface area contributed by atoms with Crippen LogP contribution in [-0.4, -0.2) is 29.9 Å². The highest BCUT2D eigenvalue weighted by molar-refractivity contribution is 6.02. The maximum atomic E-state index is 12.4. The molecule has 0 aliphatic carbocycles. The molecule has 0 bridgehead atoms. The molecular weight excluding hydrogens is 368 g/mol. The summed E-state index contributed by atoms with van der Waals surface area (Å²) >= 11 is 0. The van der Waals surface area contributed by atoms with Gasteiger partial charge < -0.3 is 20.0 Å². The first-order valence-electron chi connectivity index (χ1n) is 9.53. The molecule has 0 aliphatic heterocycles. The van der Waals surface area contributed by atoms with Crippen LogP contribution in [0.2, 0.25) is 0 Å². The number of anilines is 2. The average molecular weight is 392 g/mol. The number of benzene rings is 1. The molecule has 0 spiro atoms. The number of amides is 2. The Hall–Kier alpha value is -3.61. The lowest BCUT2D eigenvalue weighted by atomic mass is 10.2. The van der Waals surface area contributed by atoms with Crippen molar-refractivity contribution in [2.45, 2.75) is 20.4 Å². The van der Waals surface area contributed by atoms with Crippen LogP contribution in [-0.2, 0) is 6.54 Å². The second-order valence-electron chi connectivity index (χ2n) is 6.39. The van der Waals surface area contributed by atoms with Crippen LogP contribution in [0.4, 0.5) is 11.5 Å². The maximum Gasteiger partial charge on any atom is 0.291 e. The standard InChI is InChI=1S/C22H24N4O3/c1-3-26(4-2)20-12-7-16(14-23-20)15-24-21(27)17-8-10-18(11-9-17)25-22(28)19-6-5-13-29-19/h5-14H,3-4,15H2,1-2H3,(H,24,27)(H,25,28). The van der Waals surface area contributed by atoms with Gasteiger partial charge in [-0.25, -0.2) is 4.98 Å². The highest BCUT2D eigenvalue weighted by atomic mass is 16.3. The first-order valence-corrected chi connectivity index (χ1v) is 9.53. The van der Waals surface area contributed by atoms with Gasteiger partial charge in [0.2, 0.25) is 0 Å². The van der Waals surface area contributed by atoms with E-state index in [2.05, 4.69) is 34.4 Å². The summed E-state index contributed by atoms with van der Waals surface area (Å²) in [5.74, 6) is 0.624. The van der Waals surface area contributed by atoms with Crippen molar-refractivity contribution in [1.82, 2.24) is 10.3 Å². The van der Waals surface area contributed by atoms with Crippen molar-refractivity contribution in [3.05, 3.63) is 77.9 Å². The fourth-order valence-corrected chi connectivity index (χ4v) is 2.85. The van der Waals surface area contributed by atoms with Crippen LogP contribution in [0, 0.1) is 0 Å². The maximum absolute atomic E-state index is 12.4. The number of hydrogen-bond acceptors (Lipinski definition) is 5. The zero-order chi connectivity index (χ0) is 20.6. The molecule has 0 unspecified atom stereocenters. The fourth-order valence-electron chi connectivity index (χ4n) is 2.85. The van der Waals surface area contributed by atoms with Crippen LogP contribution in [0.3, 0.4) is 0 Å². The van der Waals surface area contributed by atoms with E-state index in [0.29, 0.717) is 17.8 Å². The molecule has 29 heavy (non-hydrogen) atoms. The van der Waals surface area contributed by atoms with Gasteiger partial charge in [-0.05, 0) is 61.9 Å². The number of hydrogen-bond donors (Lipinski definition) is 2. The van der Waals surface area contributed by atoms with E-state index in [1.165, 1.54) is 6.26 Å². The van der Waals surface area contributed by atoms with E-state index in [4.69, 9.17) is 4.42 Å². The lowest BCUT2D eigenvalue weighted by Crippen LogP contribution is -2.24. The number of furan rings is 1. The van der Waals surface area contributed by atoms with Gasteiger partial charge in [0.05, 0.1) is 6.26 Å². The second kappa shape index (κ2) is 9.54. The first-order chi connectivity index (χ1) is 14.1. The molecule has 1 aromatic carbocycles. The van der Waals surface area contributed by atoms with Gasteiger partial charge in [-0.2, -0.15) is 0 Å². The fraction of sp³-hybridized carbons (Fsp3) is 0.227.